The van der Waals surface area contributed by atoms with Gasteiger partial charge in [-0.05, 0) is 27.9 Å². The maximum absolute atomic E-state index is 5.90. The summed E-state index contributed by atoms with van der Waals surface area (Å²) in [7, 11) is 5.60. The van der Waals surface area contributed by atoms with E-state index in [4.69, 9.17) is 21.1 Å². The van der Waals surface area contributed by atoms with Gasteiger partial charge in [0.15, 0.2) is 5.82 Å². The van der Waals surface area contributed by atoms with Gasteiger partial charge in [0, 0.05) is 18.7 Å². The number of methoxy groups -OCH3 is 1. The third-order valence-electron chi connectivity index (χ3n) is 2.78. The summed E-state index contributed by atoms with van der Waals surface area (Å²) in [4.78, 5) is 10.4. The van der Waals surface area contributed by atoms with Gasteiger partial charge in [0.2, 0.25) is 5.88 Å². The fourth-order valence-electron chi connectivity index (χ4n) is 1.09. The molecule has 0 aliphatic carbocycles. The molecule has 1 aromatic rings. The van der Waals surface area contributed by atoms with Crippen molar-refractivity contribution in [3.8, 4) is 5.88 Å². The van der Waals surface area contributed by atoms with Gasteiger partial charge in [-0.1, -0.05) is 11.6 Å². The summed E-state index contributed by atoms with van der Waals surface area (Å²) in [5, 5.41) is 0.356. The Morgan fingerprint density at radius 2 is 2.00 bits per heavy atom. The molecule has 18 heavy (non-hydrogen) atoms. The van der Waals surface area contributed by atoms with Gasteiger partial charge in [-0.25, -0.2) is 4.98 Å². The highest BCUT2D eigenvalue weighted by atomic mass is 35.5. The van der Waals surface area contributed by atoms with Crippen molar-refractivity contribution in [2.75, 3.05) is 27.8 Å². The average molecular weight is 274 g/mol. The largest absolute Gasteiger partial charge is 0.476 e. The van der Waals surface area contributed by atoms with Gasteiger partial charge in [-0.3, -0.25) is 0 Å². The molecule has 0 aromatic carbocycles. The highest BCUT2D eigenvalue weighted by Crippen LogP contribution is 2.17. The third kappa shape index (κ3) is 4.40. The predicted octanol–water partition coefficient (Wildman–Crippen LogP) is 2.00. The molecule has 1 rings (SSSR count). The molecule has 0 spiro atoms. The second-order valence-electron chi connectivity index (χ2n) is 4.87. The molecule has 5 nitrogen and oxygen atoms in total. The summed E-state index contributed by atoms with van der Waals surface area (Å²) in [6, 6.07) is 1.60. The van der Waals surface area contributed by atoms with Crippen molar-refractivity contribution in [2.24, 2.45) is 0 Å². The molecule has 0 aliphatic heterocycles. The van der Waals surface area contributed by atoms with Crippen LogP contribution in [0.2, 0.25) is 5.15 Å². The molecule has 0 fully saturated rings. The lowest BCUT2D eigenvalue weighted by Gasteiger charge is -2.31. The number of aromatic nitrogens is 2. The Morgan fingerprint density at radius 3 is 2.56 bits per heavy atom. The van der Waals surface area contributed by atoms with Gasteiger partial charge in [0.1, 0.15) is 18.4 Å². The molecule has 0 atom stereocenters. The standard InChI is InChI=1S/C12H20ClN3O2/c1-12(2,16(3)4)8-18-11-6-9(13)14-10(15-11)7-17-5/h6H,7-8H2,1-5H3. The Kier molecular flexibility index (Phi) is 5.31. The van der Waals surface area contributed by atoms with E-state index in [-0.39, 0.29) is 5.54 Å². The summed E-state index contributed by atoms with van der Waals surface area (Å²) in [5.74, 6) is 0.986. The lowest BCUT2D eigenvalue weighted by Crippen LogP contribution is -2.43. The molecule has 0 bridgehead atoms. The minimum absolute atomic E-state index is 0.0845. The number of hydrogen-bond acceptors (Lipinski definition) is 5. The zero-order valence-electron chi connectivity index (χ0n) is 11.5. The lowest BCUT2D eigenvalue weighted by atomic mass is 10.1. The van der Waals surface area contributed by atoms with Crippen molar-refractivity contribution in [3.05, 3.63) is 17.0 Å². The fourth-order valence-corrected chi connectivity index (χ4v) is 1.28. The van der Waals surface area contributed by atoms with Crippen LogP contribution in [0.1, 0.15) is 19.7 Å². The van der Waals surface area contributed by atoms with Crippen molar-refractivity contribution in [2.45, 2.75) is 26.0 Å². The van der Waals surface area contributed by atoms with Crippen LogP contribution in [-0.4, -0.2) is 48.2 Å². The van der Waals surface area contributed by atoms with E-state index in [9.17, 15) is 0 Å². The first-order valence-electron chi connectivity index (χ1n) is 5.68. The van der Waals surface area contributed by atoms with Crippen molar-refractivity contribution >= 4 is 11.6 Å². The first kappa shape index (κ1) is 15.1. The molecular weight excluding hydrogens is 254 g/mol. The van der Waals surface area contributed by atoms with E-state index < -0.39 is 0 Å². The van der Waals surface area contributed by atoms with Crippen LogP contribution >= 0.6 is 11.6 Å². The van der Waals surface area contributed by atoms with Crippen molar-refractivity contribution in [3.63, 3.8) is 0 Å². The molecule has 0 radical (unpaired) electrons. The molecule has 0 unspecified atom stereocenters. The zero-order chi connectivity index (χ0) is 13.8. The minimum atomic E-state index is -0.0845. The zero-order valence-corrected chi connectivity index (χ0v) is 12.3. The summed E-state index contributed by atoms with van der Waals surface area (Å²) in [5.41, 5.74) is -0.0845. The predicted molar refractivity (Wildman–Crippen MR) is 71.0 cm³/mol. The fraction of sp³-hybridized carbons (Fsp3) is 0.667. The highest BCUT2D eigenvalue weighted by molar-refractivity contribution is 6.29. The second kappa shape index (κ2) is 6.31. The van der Waals surface area contributed by atoms with Crippen LogP contribution in [0.15, 0.2) is 6.07 Å². The van der Waals surface area contributed by atoms with Crippen LogP contribution in [0.3, 0.4) is 0 Å². The summed E-state index contributed by atoms with van der Waals surface area (Å²) in [6.45, 7) is 5.01. The molecule has 1 heterocycles. The number of nitrogens with zero attached hydrogens (tertiary/aromatic N) is 3. The van der Waals surface area contributed by atoms with Crippen molar-refractivity contribution in [1.82, 2.24) is 14.9 Å². The first-order valence-corrected chi connectivity index (χ1v) is 6.05. The second-order valence-corrected chi connectivity index (χ2v) is 5.26. The van der Waals surface area contributed by atoms with Crippen LogP contribution in [0, 0.1) is 0 Å². The number of rotatable bonds is 6. The van der Waals surface area contributed by atoms with E-state index in [0.29, 0.717) is 30.1 Å². The summed E-state index contributed by atoms with van der Waals surface area (Å²) >= 11 is 5.90. The Hall–Kier alpha value is -0.910. The molecule has 0 saturated heterocycles. The van der Waals surface area contributed by atoms with Gasteiger partial charge in [-0.2, -0.15) is 4.98 Å². The normalized spacial score (nSPS) is 11.9. The molecule has 6 heteroatoms. The first-order chi connectivity index (χ1) is 8.35. The number of ether oxygens (including phenoxy) is 2. The Bertz CT molecular complexity index is 397. The minimum Gasteiger partial charge on any atom is -0.476 e. The number of halogens is 1. The molecule has 102 valence electrons. The summed E-state index contributed by atoms with van der Waals surface area (Å²) in [6.07, 6.45) is 0. The molecule has 0 saturated carbocycles. The van der Waals surface area contributed by atoms with E-state index >= 15 is 0 Å². The van der Waals surface area contributed by atoms with E-state index in [2.05, 4.69) is 28.7 Å². The average Bonchev–Trinajstić information content (AvgIpc) is 2.26. The molecule has 1 aromatic heterocycles. The van der Waals surface area contributed by atoms with Gasteiger partial charge in [0.05, 0.1) is 0 Å². The molecule has 0 amide bonds. The topological polar surface area (TPSA) is 47.5 Å². The van der Waals surface area contributed by atoms with Crippen molar-refractivity contribution in [1.29, 1.82) is 0 Å². The summed E-state index contributed by atoms with van der Waals surface area (Å²) < 4.78 is 10.6. The quantitative estimate of drug-likeness (QED) is 0.742. The SMILES string of the molecule is COCc1nc(Cl)cc(OCC(C)(C)N(C)C)n1. The van der Waals surface area contributed by atoms with Crippen LogP contribution < -0.4 is 4.74 Å². The van der Waals surface area contributed by atoms with Crippen LogP contribution in [0.5, 0.6) is 5.88 Å². The van der Waals surface area contributed by atoms with Gasteiger partial charge >= 0.3 is 0 Å². The highest BCUT2D eigenvalue weighted by Gasteiger charge is 2.21. The third-order valence-corrected chi connectivity index (χ3v) is 2.97. The van der Waals surface area contributed by atoms with E-state index in [1.165, 1.54) is 0 Å². The lowest BCUT2D eigenvalue weighted by molar-refractivity contribution is 0.110. The Morgan fingerprint density at radius 1 is 1.33 bits per heavy atom. The Labute approximate surface area is 113 Å². The number of hydrogen-bond donors (Lipinski definition) is 0. The van der Waals surface area contributed by atoms with Crippen LogP contribution in [-0.2, 0) is 11.3 Å². The van der Waals surface area contributed by atoms with Crippen LogP contribution in [0.4, 0.5) is 0 Å². The molecule has 0 N–H and O–H groups in total. The van der Waals surface area contributed by atoms with Gasteiger partial charge in [0.25, 0.3) is 0 Å². The van der Waals surface area contributed by atoms with E-state index in [1.54, 1.807) is 13.2 Å². The van der Waals surface area contributed by atoms with Gasteiger partial charge in [-0.15, -0.1) is 0 Å². The van der Waals surface area contributed by atoms with Crippen molar-refractivity contribution < 1.29 is 9.47 Å². The maximum atomic E-state index is 5.90. The molecular formula is C12H20ClN3O2. The maximum Gasteiger partial charge on any atom is 0.218 e. The number of likely N-dealkylation sites (N-methyl/N-ethyl adjacent to an activating group) is 1. The molecule has 0 aliphatic rings. The van der Waals surface area contributed by atoms with E-state index in [1.807, 2.05) is 14.1 Å². The monoisotopic (exact) mass is 273 g/mol. The van der Waals surface area contributed by atoms with Crippen LogP contribution in [0.25, 0.3) is 0 Å². The van der Waals surface area contributed by atoms with Gasteiger partial charge < -0.3 is 14.4 Å². The smallest absolute Gasteiger partial charge is 0.218 e. The van der Waals surface area contributed by atoms with E-state index in [0.717, 1.165) is 0 Å². The Balaban J connectivity index is 2.73.